The van der Waals surface area contributed by atoms with Gasteiger partial charge in [0.25, 0.3) is 0 Å². The molecule has 3 heteroatoms. The number of H-pyrrole nitrogens is 1. The third-order valence-corrected chi connectivity index (χ3v) is 1.50. The number of carbonyl (C=O) groups is 1. The van der Waals surface area contributed by atoms with Crippen molar-refractivity contribution in [2.45, 2.75) is 6.92 Å². The van der Waals surface area contributed by atoms with Gasteiger partial charge < -0.3 is 9.72 Å². The number of carbonyl (C=O) groups excluding carboxylic acids is 1. The fourth-order valence-electron chi connectivity index (χ4n) is 0.874. The number of aryl methyl sites for hydroxylation is 1. The molecule has 0 spiro atoms. The molecule has 0 bridgehead atoms. The molecule has 1 aromatic rings. The van der Waals surface area contributed by atoms with Crippen LogP contribution in [0, 0.1) is 6.92 Å². The lowest BCUT2D eigenvalue weighted by atomic mass is 10.2. The maximum atomic E-state index is 11.2. The Labute approximate surface area is 71.1 Å². The highest BCUT2D eigenvalue weighted by atomic mass is 16.5. The van der Waals surface area contributed by atoms with Crippen molar-refractivity contribution in [1.82, 2.24) is 4.98 Å². The number of ether oxygens (including phenoxy) is 1. The summed E-state index contributed by atoms with van der Waals surface area (Å²) in [7, 11) is 0. The molecule has 0 aromatic carbocycles. The van der Waals surface area contributed by atoms with E-state index < -0.39 is 0 Å². The van der Waals surface area contributed by atoms with Crippen LogP contribution in [0.4, 0.5) is 0 Å². The predicted octanol–water partition coefficient (Wildman–Crippen LogP) is 1.67. The topological polar surface area (TPSA) is 42.1 Å². The fourth-order valence-corrected chi connectivity index (χ4v) is 0.874. The van der Waals surface area contributed by atoms with E-state index in [0.29, 0.717) is 5.56 Å². The van der Waals surface area contributed by atoms with Crippen LogP contribution < -0.4 is 0 Å². The van der Waals surface area contributed by atoms with E-state index in [1.165, 1.54) is 0 Å². The maximum Gasteiger partial charge on any atom is 0.340 e. The van der Waals surface area contributed by atoms with Gasteiger partial charge >= 0.3 is 5.97 Å². The van der Waals surface area contributed by atoms with E-state index >= 15 is 0 Å². The number of nitrogens with one attached hydrogen (secondary N) is 1. The zero-order valence-corrected chi connectivity index (χ0v) is 6.96. The second-order valence-corrected chi connectivity index (χ2v) is 2.44. The Morgan fingerprint density at radius 3 is 3.00 bits per heavy atom. The van der Waals surface area contributed by atoms with Gasteiger partial charge in [-0.05, 0) is 12.5 Å². The molecule has 0 aliphatic carbocycles. The summed E-state index contributed by atoms with van der Waals surface area (Å²) >= 11 is 0. The quantitative estimate of drug-likeness (QED) is 0.546. The summed E-state index contributed by atoms with van der Waals surface area (Å²) in [6.45, 7) is 5.55. The predicted molar refractivity (Wildman–Crippen MR) is 46.0 cm³/mol. The zero-order chi connectivity index (χ0) is 8.97. The first kappa shape index (κ1) is 8.59. The first-order valence-corrected chi connectivity index (χ1v) is 3.67. The van der Waals surface area contributed by atoms with Gasteiger partial charge in [-0.3, -0.25) is 0 Å². The van der Waals surface area contributed by atoms with E-state index in [1.807, 2.05) is 6.92 Å². The molecule has 0 amide bonds. The monoisotopic (exact) mass is 165 g/mol. The molecule has 0 saturated carbocycles. The van der Waals surface area contributed by atoms with E-state index in [0.717, 1.165) is 5.56 Å². The minimum Gasteiger partial charge on any atom is -0.458 e. The van der Waals surface area contributed by atoms with Gasteiger partial charge in [0.1, 0.15) is 6.61 Å². The lowest BCUT2D eigenvalue weighted by Crippen LogP contribution is -2.04. The molecule has 1 heterocycles. The fraction of sp³-hybridized carbons (Fsp3) is 0.222. The van der Waals surface area contributed by atoms with Crippen molar-refractivity contribution in [1.29, 1.82) is 0 Å². The highest BCUT2D eigenvalue weighted by Crippen LogP contribution is 2.07. The highest BCUT2D eigenvalue weighted by molar-refractivity contribution is 5.90. The molecule has 3 nitrogen and oxygen atoms in total. The Bertz CT molecular complexity index is 288. The van der Waals surface area contributed by atoms with Gasteiger partial charge in [-0.2, -0.15) is 0 Å². The van der Waals surface area contributed by atoms with Gasteiger partial charge in [0, 0.05) is 12.4 Å². The summed E-state index contributed by atoms with van der Waals surface area (Å²) in [6, 6.07) is 0. The summed E-state index contributed by atoms with van der Waals surface area (Å²) in [5.74, 6) is -0.311. The van der Waals surface area contributed by atoms with Gasteiger partial charge in [0.15, 0.2) is 0 Å². The average molecular weight is 165 g/mol. The van der Waals surface area contributed by atoms with Crippen molar-refractivity contribution < 1.29 is 9.53 Å². The van der Waals surface area contributed by atoms with Crippen LogP contribution in [0.3, 0.4) is 0 Å². The molecule has 0 saturated heterocycles. The van der Waals surface area contributed by atoms with E-state index in [1.54, 1.807) is 18.5 Å². The van der Waals surface area contributed by atoms with Crippen LogP contribution in [-0.2, 0) is 4.74 Å². The minimum absolute atomic E-state index is 0.253. The molecule has 0 unspecified atom stereocenters. The number of rotatable bonds is 3. The summed E-state index contributed by atoms with van der Waals surface area (Å²) < 4.78 is 4.84. The largest absolute Gasteiger partial charge is 0.458 e. The van der Waals surface area contributed by atoms with Crippen molar-refractivity contribution in [2.75, 3.05) is 6.61 Å². The SMILES string of the molecule is C=CCOC(=O)c1c[nH]cc1C. The van der Waals surface area contributed by atoms with E-state index in [2.05, 4.69) is 11.6 Å². The molecule has 1 aromatic heterocycles. The molecule has 0 aliphatic heterocycles. The van der Waals surface area contributed by atoms with Gasteiger partial charge in [-0.25, -0.2) is 4.79 Å². The van der Waals surface area contributed by atoms with Gasteiger partial charge in [0.05, 0.1) is 5.56 Å². The third kappa shape index (κ3) is 1.75. The molecular weight excluding hydrogens is 154 g/mol. The van der Waals surface area contributed by atoms with E-state index in [-0.39, 0.29) is 12.6 Å². The maximum absolute atomic E-state index is 11.2. The van der Waals surface area contributed by atoms with Crippen molar-refractivity contribution in [3.8, 4) is 0 Å². The van der Waals surface area contributed by atoms with Crippen LogP contribution in [0.1, 0.15) is 15.9 Å². The summed E-state index contributed by atoms with van der Waals surface area (Å²) in [5.41, 5.74) is 1.47. The summed E-state index contributed by atoms with van der Waals surface area (Å²) in [5, 5.41) is 0. The van der Waals surface area contributed by atoms with Crippen LogP contribution in [0.2, 0.25) is 0 Å². The first-order chi connectivity index (χ1) is 5.75. The van der Waals surface area contributed by atoms with Crippen LogP contribution in [-0.4, -0.2) is 17.6 Å². The molecule has 1 rings (SSSR count). The third-order valence-electron chi connectivity index (χ3n) is 1.50. The Morgan fingerprint density at radius 2 is 2.50 bits per heavy atom. The van der Waals surface area contributed by atoms with Crippen molar-refractivity contribution in [3.63, 3.8) is 0 Å². The minimum atomic E-state index is -0.311. The smallest absolute Gasteiger partial charge is 0.340 e. The molecule has 0 radical (unpaired) electrons. The molecule has 0 fully saturated rings. The van der Waals surface area contributed by atoms with Gasteiger partial charge in [-0.15, -0.1) is 0 Å². The van der Waals surface area contributed by atoms with Crippen LogP contribution >= 0.6 is 0 Å². The summed E-state index contributed by atoms with van der Waals surface area (Å²) in [6.07, 6.45) is 4.92. The number of esters is 1. The van der Waals surface area contributed by atoms with Crippen LogP contribution in [0.25, 0.3) is 0 Å². The number of hydrogen-bond acceptors (Lipinski definition) is 2. The lowest BCUT2D eigenvalue weighted by Gasteiger charge is -1.99. The molecule has 0 aliphatic rings. The van der Waals surface area contributed by atoms with E-state index in [9.17, 15) is 4.79 Å². The normalized spacial score (nSPS) is 9.42. The van der Waals surface area contributed by atoms with Crippen molar-refractivity contribution in [2.24, 2.45) is 0 Å². The Kier molecular flexibility index (Phi) is 2.69. The number of hydrogen-bond donors (Lipinski definition) is 1. The number of aromatic nitrogens is 1. The second-order valence-electron chi connectivity index (χ2n) is 2.44. The Balaban J connectivity index is 2.65. The van der Waals surface area contributed by atoms with Crippen LogP contribution in [0.15, 0.2) is 25.0 Å². The molecule has 0 atom stereocenters. The molecular formula is C9H11NO2. The summed E-state index contributed by atoms with van der Waals surface area (Å²) in [4.78, 5) is 14.0. The lowest BCUT2D eigenvalue weighted by molar-refractivity contribution is 0.0549. The van der Waals surface area contributed by atoms with Gasteiger partial charge in [0.2, 0.25) is 0 Å². The van der Waals surface area contributed by atoms with Gasteiger partial charge in [-0.1, -0.05) is 12.7 Å². The molecule has 12 heavy (non-hydrogen) atoms. The highest BCUT2D eigenvalue weighted by Gasteiger charge is 2.09. The van der Waals surface area contributed by atoms with E-state index in [4.69, 9.17) is 4.74 Å². The standard InChI is InChI=1S/C9H11NO2/c1-3-4-12-9(11)8-6-10-5-7(8)2/h3,5-6,10H,1,4H2,2H3. The molecule has 1 N–H and O–H groups in total. The zero-order valence-electron chi connectivity index (χ0n) is 6.96. The van der Waals surface area contributed by atoms with Crippen LogP contribution in [0.5, 0.6) is 0 Å². The second kappa shape index (κ2) is 3.76. The van der Waals surface area contributed by atoms with Crippen molar-refractivity contribution >= 4 is 5.97 Å². The Hall–Kier alpha value is -1.51. The average Bonchev–Trinajstić information content (AvgIpc) is 2.47. The number of aromatic amines is 1. The van der Waals surface area contributed by atoms with Crippen molar-refractivity contribution in [3.05, 3.63) is 36.2 Å². The Morgan fingerprint density at radius 1 is 1.75 bits per heavy atom. The molecule has 64 valence electrons. The first-order valence-electron chi connectivity index (χ1n) is 3.67.